The Bertz CT molecular complexity index is 744. The van der Waals surface area contributed by atoms with E-state index < -0.39 is 0 Å². The zero-order valence-corrected chi connectivity index (χ0v) is 14.7. The molecule has 0 atom stereocenters. The number of para-hydroxylation sites is 1. The molecule has 2 aromatic rings. The smallest absolute Gasteiger partial charge is 0.326 e. The first-order valence-electron chi connectivity index (χ1n) is 8.19. The molecule has 0 aliphatic rings. The van der Waals surface area contributed by atoms with Crippen molar-refractivity contribution in [1.82, 2.24) is 10.6 Å². The van der Waals surface area contributed by atoms with Crippen LogP contribution in [-0.2, 0) is 0 Å². The van der Waals surface area contributed by atoms with Gasteiger partial charge in [0.25, 0.3) is 5.91 Å². The zero-order chi connectivity index (χ0) is 18.4. The van der Waals surface area contributed by atoms with Crippen LogP contribution in [0.1, 0.15) is 31.1 Å². The molecular weight excluding hydrogens is 316 g/mol. The SMILES string of the molecule is CCNC(=O)N(c1ccccc1)c1cc[c]c(C(=O)NC(C)C)c1N. The first kappa shape index (κ1) is 18.3. The van der Waals surface area contributed by atoms with Crippen LogP contribution < -0.4 is 21.3 Å². The summed E-state index contributed by atoms with van der Waals surface area (Å²) in [6.07, 6.45) is 0. The summed E-state index contributed by atoms with van der Waals surface area (Å²) in [5.41, 5.74) is 7.73. The third-order valence-electron chi connectivity index (χ3n) is 3.45. The fourth-order valence-electron chi connectivity index (χ4n) is 2.39. The Morgan fingerprint density at radius 3 is 2.48 bits per heavy atom. The number of hydrogen-bond acceptors (Lipinski definition) is 3. The normalized spacial score (nSPS) is 10.4. The Kier molecular flexibility index (Phi) is 6.00. The van der Waals surface area contributed by atoms with Gasteiger partial charge >= 0.3 is 6.03 Å². The van der Waals surface area contributed by atoms with Crippen LogP contribution >= 0.6 is 0 Å². The van der Waals surface area contributed by atoms with E-state index in [1.54, 1.807) is 24.3 Å². The molecule has 0 fully saturated rings. The molecule has 0 spiro atoms. The Labute approximate surface area is 148 Å². The highest BCUT2D eigenvalue weighted by atomic mass is 16.2. The molecule has 0 bridgehead atoms. The van der Waals surface area contributed by atoms with Crippen LogP contribution in [0.4, 0.5) is 21.9 Å². The van der Waals surface area contributed by atoms with E-state index in [1.165, 1.54) is 4.90 Å². The summed E-state index contributed by atoms with van der Waals surface area (Å²) in [7, 11) is 0. The Morgan fingerprint density at radius 2 is 1.88 bits per heavy atom. The molecule has 2 aromatic carbocycles. The first-order valence-corrected chi connectivity index (χ1v) is 8.19. The number of nitrogen functional groups attached to an aromatic ring is 1. The van der Waals surface area contributed by atoms with E-state index in [2.05, 4.69) is 16.7 Å². The second-order valence-electron chi connectivity index (χ2n) is 5.79. The maximum atomic E-state index is 12.6. The molecule has 6 heteroatoms. The van der Waals surface area contributed by atoms with Crippen LogP contribution in [0.2, 0.25) is 0 Å². The van der Waals surface area contributed by atoms with Gasteiger partial charge in [-0.1, -0.05) is 24.3 Å². The number of nitrogens with zero attached hydrogens (tertiary/aromatic N) is 1. The van der Waals surface area contributed by atoms with Gasteiger partial charge in [0.15, 0.2) is 0 Å². The summed E-state index contributed by atoms with van der Waals surface area (Å²) in [5, 5.41) is 5.56. The second kappa shape index (κ2) is 8.19. The highest BCUT2D eigenvalue weighted by molar-refractivity contribution is 6.07. The van der Waals surface area contributed by atoms with Crippen molar-refractivity contribution in [2.24, 2.45) is 0 Å². The van der Waals surface area contributed by atoms with Crippen LogP contribution in [0.15, 0.2) is 42.5 Å². The molecule has 0 saturated heterocycles. The van der Waals surface area contributed by atoms with Crippen LogP contribution in [0, 0.1) is 6.07 Å². The van der Waals surface area contributed by atoms with Gasteiger partial charge in [-0.2, -0.15) is 0 Å². The minimum Gasteiger partial charge on any atom is -0.396 e. The van der Waals surface area contributed by atoms with Crippen LogP contribution in [0.25, 0.3) is 0 Å². The first-order chi connectivity index (χ1) is 12.0. The van der Waals surface area contributed by atoms with Crippen molar-refractivity contribution in [1.29, 1.82) is 0 Å². The lowest BCUT2D eigenvalue weighted by atomic mass is 10.1. The van der Waals surface area contributed by atoms with Crippen LogP contribution in [-0.4, -0.2) is 24.5 Å². The Morgan fingerprint density at radius 1 is 1.20 bits per heavy atom. The standard InChI is InChI=1S/C19H23N4O2/c1-4-21-19(25)23(14-9-6-5-7-10-14)16-12-8-11-15(17(16)20)18(24)22-13(2)3/h5-10,12-13H,4,20H2,1-3H3,(H,21,25)(H,22,24). The number of amides is 3. The van der Waals surface area contributed by atoms with Gasteiger partial charge in [-0.05, 0) is 45.0 Å². The highest BCUT2D eigenvalue weighted by Gasteiger charge is 2.22. The van der Waals surface area contributed by atoms with Crippen molar-refractivity contribution in [3.8, 4) is 0 Å². The fourth-order valence-corrected chi connectivity index (χ4v) is 2.39. The molecule has 0 aliphatic heterocycles. The van der Waals surface area contributed by atoms with Crippen LogP contribution in [0.3, 0.4) is 0 Å². The molecule has 6 nitrogen and oxygen atoms in total. The van der Waals surface area contributed by atoms with Crippen molar-refractivity contribution in [3.63, 3.8) is 0 Å². The van der Waals surface area contributed by atoms with Gasteiger partial charge in [0.05, 0.1) is 22.6 Å². The fraction of sp³-hybridized carbons (Fsp3) is 0.263. The topological polar surface area (TPSA) is 87.5 Å². The molecular formula is C19H23N4O2. The third-order valence-corrected chi connectivity index (χ3v) is 3.45. The van der Waals surface area contributed by atoms with Gasteiger partial charge in [-0.15, -0.1) is 0 Å². The summed E-state index contributed by atoms with van der Waals surface area (Å²) in [6.45, 7) is 6.04. The lowest BCUT2D eigenvalue weighted by molar-refractivity contribution is 0.0943. The molecule has 2 rings (SSSR count). The number of nitrogens with one attached hydrogen (secondary N) is 2. The van der Waals surface area contributed by atoms with E-state index in [1.807, 2.05) is 39.0 Å². The lowest BCUT2D eigenvalue weighted by Gasteiger charge is -2.25. The van der Waals surface area contributed by atoms with Crippen molar-refractivity contribution in [2.75, 3.05) is 17.2 Å². The van der Waals surface area contributed by atoms with E-state index in [9.17, 15) is 9.59 Å². The number of benzene rings is 2. The van der Waals surface area contributed by atoms with Crippen molar-refractivity contribution < 1.29 is 9.59 Å². The third kappa shape index (κ3) is 4.29. The maximum Gasteiger partial charge on any atom is 0.326 e. The van der Waals surface area contributed by atoms with Crippen LogP contribution in [0.5, 0.6) is 0 Å². The molecule has 131 valence electrons. The zero-order valence-electron chi connectivity index (χ0n) is 14.7. The summed E-state index contributed by atoms with van der Waals surface area (Å²) < 4.78 is 0. The van der Waals surface area contributed by atoms with Gasteiger partial charge in [0.1, 0.15) is 0 Å². The van der Waals surface area contributed by atoms with Gasteiger partial charge in [0, 0.05) is 12.6 Å². The van der Waals surface area contributed by atoms with Crippen molar-refractivity contribution >= 4 is 29.0 Å². The Hall–Kier alpha value is -3.02. The molecule has 0 heterocycles. The number of rotatable bonds is 5. The maximum absolute atomic E-state index is 12.6. The number of carbonyl (C=O) groups is 2. The molecule has 25 heavy (non-hydrogen) atoms. The molecule has 1 radical (unpaired) electrons. The molecule has 0 unspecified atom stereocenters. The summed E-state index contributed by atoms with van der Waals surface area (Å²) >= 11 is 0. The van der Waals surface area contributed by atoms with Gasteiger partial charge in [-0.3, -0.25) is 9.69 Å². The Balaban J connectivity index is 2.51. The highest BCUT2D eigenvalue weighted by Crippen LogP contribution is 2.32. The average molecular weight is 339 g/mol. The van der Waals surface area contributed by atoms with Crippen molar-refractivity contribution in [3.05, 3.63) is 54.1 Å². The molecule has 3 amide bonds. The number of carbonyl (C=O) groups excluding carboxylic acids is 2. The largest absolute Gasteiger partial charge is 0.396 e. The van der Waals surface area contributed by atoms with E-state index in [-0.39, 0.29) is 29.2 Å². The minimum absolute atomic E-state index is 0.0300. The number of urea groups is 1. The number of anilines is 3. The van der Waals surface area contributed by atoms with Gasteiger partial charge in [0.2, 0.25) is 0 Å². The van der Waals surface area contributed by atoms with Gasteiger partial charge in [-0.25, -0.2) is 4.79 Å². The molecule has 0 aromatic heterocycles. The molecule has 0 saturated carbocycles. The predicted molar refractivity (Wildman–Crippen MR) is 99.9 cm³/mol. The quantitative estimate of drug-likeness (QED) is 0.732. The van der Waals surface area contributed by atoms with E-state index >= 15 is 0 Å². The van der Waals surface area contributed by atoms with Gasteiger partial charge < -0.3 is 16.4 Å². The lowest BCUT2D eigenvalue weighted by Crippen LogP contribution is -2.37. The van der Waals surface area contributed by atoms with Crippen molar-refractivity contribution in [2.45, 2.75) is 26.8 Å². The number of hydrogen-bond donors (Lipinski definition) is 3. The minimum atomic E-state index is -0.321. The average Bonchev–Trinajstić information content (AvgIpc) is 2.57. The molecule has 0 aliphatic carbocycles. The monoisotopic (exact) mass is 339 g/mol. The van der Waals surface area contributed by atoms with E-state index in [0.717, 1.165) is 0 Å². The summed E-state index contributed by atoms with van der Waals surface area (Å²) in [6, 6.07) is 14.9. The van der Waals surface area contributed by atoms with E-state index in [4.69, 9.17) is 5.73 Å². The summed E-state index contributed by atoms with van der Waals surface area (Å²) in [5.74, 6) is -0.321. The van der Waals surface area contributed by atoms with E-state index in [0.29, 0.717) is 17.9 Å². The predicted octanol–water partition coefficient (Wildman–Crippen LogP) is 3.07. The number of nitrogens with two attached hydrogens (primary N) is 1. The second-order valence-corrected chi connectivity index (χ2v) is 5.79. The molecule has 4 N–H and O–H groups in total. The summed E-state index contributed by atoms with van der Waals surface area (Å²) in [4.78, 5) is 26.4.